The first-order chi connectivity index (χ1) is 9.48. The second-order valence-electron chi connectivity index (χ2n) is 5.23. The maximum atomic E-state index is 13.1. The molecule has 1 saturated heterocycles. The van der Waals surface area contributed by atoms with Gasteiger partial charge in [0.1, 0.15) is 0 Å². The summed E-state index contributed by atoms with van der Waals surface area (Å²) in [4.78, 5) is 3.23. The van der Waals surface area contributed by atoms with Gasteiger partial charge in [0, 0.05) is 28.1 Å². The van der Waals surface area contributed by atoms with Gasteiger partial charge in [0.2, 0.25) is 0 Å². The van der Waals surface area contributed by atoms with E-state index in [9.17, 15) is 13.2 Å². The number of piperidine rings is 1. The Morgan fingerprint density at radius 1 is 1.10 bits per heavy atom. The van der Waals surface area contributed by atoms with Crippen LogP contribution in [0, 0.1) is 6.92 Å². The number of aryl methyl sites for hydroxylation is 1. The number of anilines is 1. The van der Waals surface area contributed by atoms with Gasteiger partial charge < -0.3 is 4.90 Å². The fourth-order valence-corrected chi connectivity index (χ4v) is 4.17. The molecule has 20 heavy (non-hydrogen) atoms. The summed E-state index contributed by atoms with van der Waals surface area (Å²) in [6.45, 7) is 3.82. The standard InChI is InChI=1S/C15H16F3NS/c1-10-13(19-8-3-2-4-9-19)11-6-5-7-12(14(11)20-10)15(16,17)18/h5-7H,2-4,8-9H2,1H3. The van der Waals surface area contributed by atoms with Crippen LogP contribution in [-0.2, 0) is 6.18 Å². The van der Waals surface area contributed by atoms with Gasteiger partial charge in [-0.2, -0.15) is 13.2 Å². The Morgan fingerprint density at radius 3 is 2.45 bits per heavy atom. The van der Waals surface area contributed by atoms with E-state index in [1.807, 2.05) is 13.0 Å². The molecule has 5 heteroatoms. The number of thiophene rings is 1. The summed E-state index contributed by atoms with van der Waals surface area (Å²) in [5, 5.41) is 0.754. The summed E-state index contributed by atoms with van der Waals surface area (Å²) >= 11 is 1.26. The van der Waals surface area contributed by atoms with Crippen LogP contribution < -0.4 is 4.90 Å². The molecule has 0 N–H and O–H groups in total. The van der Waals surface area contributed by atoms with Crippen molar-refractivity contribution in [2.24, 2.45) is 0 Å². The van der Waals surface area contributed by atoms with Crippen LogP contribution in [0.2, 0.25) is 0 Å². The van der Waals surface area contributed by atoms with Gasteiger partial charge in [-0.05, 0) is 32.3 Å². The minimum atomic E-state index is -4.28. The van der Waals surface area contributed by atoms with Crippen LogP contribution in [0.5, 0.6) is 0 Å². The van der Waals surface area contributed by atoms with Crippen molar-refractivity contribution in [3.63, 3.8) is 0 Å². The molecule has 1 nitrogen and oxygen atoms in total. The van der Waals surface area contributed by atoms with E-state index in [4.69, 9.17) is 0 Å². The van der Waals surface area contributed by atoms with Crippen LogP contribution in [-0.4, -0.2) is 13.1 Å². The summed E-state index contributed by atoms with van der Waals surface area (Å²) in [6.07, 6.45) is -0.827. The predicted molar refractivity (Wildman–Crippen MR) is 77.6 cm³/mol. The Balaban J connectivity index is 2.16. The second-order valence-corrected chi connectivity index (χ2v) is 6.46. The molecule has 0 unspecified atom stereocenters. The van der Waals surface area contributed by atoms with Crippen molar-refractivity contribution in [3.8, 4) is 0 Å². The minimum Gasteiger partial charge on any atom is -0.370 e. The van der Waals surface area contributed by atoms with E-state index in [1.165, 1.54) is 29.9 Å². The molecule has 2 heterocycles. The van der Waals surface area contributed by atoms with Gasteiger partial charge in [0.05, 0.1) is 11.3 Å². The largest absolute Gasteiger partial charge is 0.417 e. The van der Waals surface area contributed by atoms with Crippen LogP contribution in [0.4, 0.5) is 18.9 Å². The Bertz CT molecular complexity index is 624. The molecule has 2 aromatic rings. The molecule has 1 aromatic heterocycles. The van der Waals surface area contributed by atoms with Crippen molar-refractivity contribution in [3.05, 3.63) is 28.6 Å². The summed E-state index contributed by atoms with van der Waals surface area (Å²) in [7, 11) is 0. The SMILES string of the molecule is Cc1sc2c(C(F)(F)F)cccc2c1N1CCCCC1. The molecule has 0 aliphatic carbocycles. The molecule has 108 valence electrons. The first-order valence-corrected chi connectivity index (χ1v) is 7.64. The van der Waals surface area contributed by atoms with E-state index >= 15 is 0 Å². The Hall–Kier alpha value is -1.23. The quantitative estimate of drug-likeness (QED) is 0.698. The maximum Gasteiger partial charge on any atom is 0.417 e. The third kappa shape index (κ3) is 2.28. The van der Waals surface area contributed by atoms with Crippen molar-refractivity contribution >= 4 is 27.1 Å². The molecule has 1 aromatic carbocycles. The van der Waals surface area contributed by atoms with Crippen molar-refractivity contribution in [1.29, 1.82) is 0 Å². The highest BCUT2D eigenvalue weighted by atomic mass is 32.1. The molecule has 1 fully saturated rings. The molecular weight excluding hydrogens is 283 g/mol. The van der Waals surface area contributed by atoms with Crippen molar-refractivity contribution < 1.29 is 13.2 Å². The number of hydrogen-bond donors (Lipinski definition) is 0. The minimum absolute atomic E-state index is 0.373. The van der Waals surface area contributed by atoms with E-state index in [0.29, 0.717) is 4.70 Å². The van der Waals surface area contributed by atoms with E-state index in [2.05, 4.69) is 4.90 Å². The Kier molecular flexibility index (Phi) is 3.40. The lowest BCUT2D eigenvalue weighted by atomic mass is 10.1. The first kappa shape index (κ1) is 13.7. The maximum absolute atomic E-state index is 13.1. The zero-order valence-electron chi connectivity index (χ0n) is 11.3. The monoisotopic (exact) mass is 299 g/mol. The summed E-state index contributed by atoms with van der Waals surface area (Å²) in [5.74, 6) is 0. The van der Waals surface area contributed by atoms with Crippen molar-refractivity contribution in [2.75, 3.05) is 18.0 Å². The van der Waals surface area contributed by atoms with Crippen molar-refractivity contribution in [1.82, 2.24) is 0 Å². The lowest BCUT2D eigenvalue weighted by Crippen LogP contribution is -2.29. The van der Waals surface area contributed by atoms with Crippen LogP contribution in [0.1, 0.15) is 29.7 Å². The number of rotatable bonds is 1. The van der Waals surface area contributed by atoms with Crippen molar-refractivity contribution in [2.45, 2.75) is 32.4 Å². The summed E-state index contributed by atoms with van der Waals surface area (Å²) in [6, 6.07) is 4.51. The van der Waals surface area contributed by atoms with Crippen LogP contribution in [0.25, 0.3) is 10.1 Å². The van der Waals surface area contributed by atoms with Gasteiger partial charge in [0.15, 0.2) is 0 Å². The number of alkyl halides is 3. The molecule has 0 saturated carbocycles. The average Bonchev–Trinajstić information content (AvgIpc) is 2.74. The van der Waals surface area contributed by atoms with Gasteiger partial charge in [0.25, 0.3) is 0 Å². The molecule has 0 atom stereocenters. The normalized spacial score (nSPS) is 16.9. The zero-order valence-corrected chi connectivity index (χ0v) is 12.1. The average molecular weight is 299 g/mol. The number of fused-ring (bicyclic) bond motifs is 1. The highest BCUT2D eigenvalue weighted by Crippen LogP contribution is 2.44. The molecule has 0 spiro atoms. The highest BCUT2D eigenvalue weighted by Gasteiger charge is 2.34. The smallest absolute Gasteiger partial charge is 0.370 e. The second kappa shape index (κ2) is 4.95. The third-order valence-electron chi connectivity index (χ3n) is 3.84. The molecule has 0 bridgehead atoms. The Morgan fingerprint density at radius 2 is 1.80 bits per heavy atom. The van der Waals surface area contributed by atoms with Crippen LogP contribution in [0.3, 0.4) is 0 Å². The van der Waals surface area contributed by atoms with E-state index in [0.717, 1.165) is 41.9 Å². The number of halogens is 3. The van der Waals surface area contributed by atoms with E-state index in [1.54, 1.807) is 0 Å². The third-order valence-corrected chi connectivity index (χ3v) is 4.98. The van der Waals surface area contributed by atoms with E-state index in [-0.39, 0.29) is 0 Å². The molecule has 1 aliphatic rings. The first-order valence-electron chi connectivity index (χ1n) is 6.83. The van der Waals surface area contributed by atoms with Gasteiger partial charge in [-0.25, -0.2) is 0 Å². The molecular formula is C15H16F3NS. The fraction of sp³-hybridized carbons (Fsp3) is 0.467. The number of hydrogen-bond acceptors (Lipinski definition) is 2. The topological polar surface area (TPSA) is 3.24 Å². The summed E-state index contributed by atoms with van der Waals surface area (Å²) in [5.41, 5.74) is 0.502. The zero-order chi connectivity index (χ0) is 14.3. The highest BCUT2D eigenvalue weighted by molar-refractivity contribution is 7.20. The van der Waals surface area contributed by atoms with Gasteiger partial charge in [-0.15, -0.1) is 11.3 Å². The lowest BCUT2D eigenvalue weighted by molar-refractivity contribution is -0.136. The molecule has 1 aliphatic heterocycles. The molecule has 0 radical (unpaired) electrons. The Labute approximate surface area is 120 Å². The van der Waals surface area contributed by atoms with Gasteiger partial charge in [-0.1, -0.05) is 12.1 Å². The molecule has 0 amide bonds. The van der Waals surface area contributed by atoms with Crippen LogP contribution >= 0.6 is 11.3 Å². The number of nitrogens with zero attached hydrogens (tertiary/aromatic N) is 1. The summed E-state index contributed by atoms with van der Waals surface area (Å²) < 4.78 is 39.7. The fourth-order valence-electron chi connectivity index (χ4n) is 2.96. The van der Waals surface area contributed by atoms with Crippen LogP contribution in [0.15, 0.2) is 18.2 Å². The van der Waals surface area contributed by atoms with E-state index < -0.39 is 11.7 Å². The lowest BCUT2D eigenvalue weighted by Gasteiger charge is -2.29. The molecule has 3 rings (SSSR count). The van der Waals surface area contributed by atoms with Gasteiger partial charge >= 0.3 is 6.18 Å². The predicted octanol–water partition coefficient (Wildman–Crippen LogP) is 5.22. The number of benzene rings is 1. The van der Waals surface area contributed by atoms with Gasteiger partial charge in [-0.3, -0.25) is 0 Å².